The summed E-state index contributed by atoms with van der Waals surface area (Å²) in [5, 5.41) is 11.4. The molecule has 0 unspecified atom stereocenters. The molecule has 0 bridgehead atoms. The minimum absolute atomic E-state index is 0.191. The van der Waals surface area contributed by atoms with E-state index in [0.717, 1.165) is 17.7 Å². The van der Waals surface area contributed by atoms with Crippen LogP contribution < -0.4 is 0 Å². The zero-order chi connectivity index (χ0) is 22.0. The van der Waals surface area contributed by atoms with E-state index in [4.69, 9.17) is 9.15 Å². The number of phenols is 1. The molecule has 2 atom stereocenters. The van der Waals surface area contributed by atoms with Crippen LogP contribution >= 0.6 is 0 Å². The van der Waals surface area contributed by atoms with Crippen LogP contribution in [-0.4, -0.2) is 41.2 Å². The zero-order valence-corrected chi connectivity index (χ0v) is 18.6. The van der Waals surface area contributed by atoms with Gasteiger partial charge in [0, 0.05) is 35.1 Å². The number of fused-ring (bicyclic) bond motifs is 1. The van der Waals surface area contributed by atoms with Gasteiger partial charge in [0.05, 0.1) is 6.61 Å². The van der Waals surface area contributed by atoms with Crippen LogP contribution in [0.3, 0.4) is 0 Å². The van der Waals surface area contributed by atoms with Crippen LogP contribution in [0.2, 0.25) is 0 Å². The highest BCUT2D eigenvalue weighted by Crippen LogP contribution is 2.39. The van der Waals surface area contributed by atoms with E-state index in [0.29, 0.717) is 40.8 Å². The second kappa shape index (κ2) is 9.15. The lowest BCUT2D eigenvalue weighted by atomic mass is 9.95. The Hall–Kier alpha value is -2.79. The van der Waals surface area contributed by atoms with Gasteiger partial charge in [-0.05, 0) is 52.2 Å². The molecule has 0 radical (unpaired) electrons. The van der Waals surface area contributed by atoms with Crippen LogP contribution in [0.15, 0.2) is 46.9 Å². The lowest BCUT2D eigenvalue weighted by Gasteiger charge is -2.39. The third kappa shape index (κ3) is 4.19. The molecule has 1 aliphatic rings. The molecular weight excluding hydrogens is 390 g/mol. The van der Waals surface area contributed by atoms with Gasteiger partial charge >= 0.3 is 5.97 Å². The fourth-order valence-electron chi connectivity index (χ4n) is 4.85. The van der Waals surface area contributed by atoms with Crippen LogP contribution in [0.1, 0.15) is 56.0 Å². The van der Waals surface area contributed by atoms with E-state index in [2.05, 4.69) is 18.7 Å². The molecule has 0 spiro atoms. The number of carbonyl (C=O) groups is 1. The molecule has 164 valence electrons. The first kappa shape index (κ1) is 21.4. The van der Waals surface area contributed by atoms with Crippen molar-refractivity contribution in [1.82, 2.24) is 4.90 Å². The third-order valence-electron chi connectivity index (χ3n) is 6.45. The first-order valence-corrected chi connectivity index (χ1v) is 11.3. The number of furan rings is 1. The van der Waals surface area contributed by atoms with Crippen molar-refractivity contribution in [1.29, 1.82) is 0 Å². The zero-order valence-electron chi connectivity index (χ0n) is 18.6. The second-order valence-corrected chi connectivity index (χ2v) is 8.45. The molecule has 1 fully saturated rings. The Bertz CT molecular complexity index is 1050. The highest BCUT2D eigenvalue weighted by Gasteiger charge is 2.28. The molecule has 2 heterocycles. The summed E-state index contributed by atoms with van der Waals surface area (Å²) in [6.45, 7) is 7.43. The largest absolute Gasteiger partial charge is 0.508 e. The van der Waals surface area contributed by atoms with Crippen LogP contribution in [-0.2, 0) is 11.2 Å². The predicted octanol–water partition coefficient (Wildman–Crippen LogP) is 5.79. The highest BCUT2D eigenvalue weighted by atomic mass is 16.5. The number of carbonyl (C=O) groups excluding carboxylic acids is 1. The maximum absolute atomic E-state index is 13.0. The van der Waals surface area contributed by atoms with Crippen molar-refractivity contribution in [3.05, 3.63) is 53.6 Å². The summed E-state index contributed by atoms with van der Waals surface area (Å²) in [5.74, 6) is 0.253. The van der Waals surface area contributed by atoms with E-state index in [1.807, 2.05) is 30.3 Å². The highest BCUT2D eigenvalue weighted by molar-refractivity contribution is 6.10. The van der Waals surface area contributed by atoms with Gasteiger partial charge in [-0.15, -0.1) is 0 Å². The summed E-state index contributed by atoms with van der Waals surface area (Å²) in [6, 6.07) is 14.0. The van der Waals surface area contributed by atoms with Crippen molar-refractivity contribution in [2.24, 2.45) is 0 Å². The predicted molar refractivity (Wildman–Crippen MR) is 122 cm³/mol. The Morgan fingerprint density at radius 1 is 1.13 bits per heavy atom. The van der Waals surface area contributed by atoms with Crippen molar-refractivity contribution >= 4 is 16.9 Å². The van der Waals surface area contributed by atoms with Gasteiger partial charge in [-0.2, -0.15) is 0 Å². The number of rotatable bonds is 6. The van der Waals surface area contributed by atoms with Gasteiger partial charge in [0.2, 0.25) is 0 Å². The van der Waals surface area contributed by atoms with Gasteiger partial charge in [-0.25, -0.2) is 4.79 Å². The first-order chi connectivity index (χ1) is 15.0. The van der Waals surface area contributed by atoms with E-state index < -0.39 is 5.97 Å². The Morgan fingerprint density at radius 3 is 2.52 bits per heavy atom. The number of likely N-dealkylation sites (tertiary alicyclic amines) is 1. The molecule has 1 N–H and O–H groups in total. The van der Waals surface area contributed by atoms with Crippen LogP contribution in [0.4, 0.5) is 0 Å². The number of piperidine rings is 1. The number of nitrogens with zero attached hydrogens (tertiary/aromatic N) is 1. The summed E-state index contributed by atoms with van der Waals surface area (Å²) in [4.78, 5) is 15.5. The molecule has 1 aliphatic heterocycles. The lowest BCUT2D eigenvalue weighted by molar-refractivity contribution is 0.0528. The third-order valence-corrected chi connectivity index (χ3v) is 6.45. The van der Waals surface area contributed by atoms with E-state index in [-0.39, 0.29) is 12.4 Å². The summed E-state index contributed by atoms with van der Waals surface area (Å²) in [7, 11) is 0. The Balaban J connectivity index is 1.80. The van der Waals surface area contributed by atoms with Crippen molar-refractivity contribution in [2.45, 2.75) is 58.5 Å². The minimum atomic E-state index is -0.424. The maximum atomic E-state index is 13.0. The van der Waals surface area contributed by atoms with Crippen molar-refractivity contribution < 1.29 is 19.1 Å². The van der Waals surface area contributed by atoms with Gasteiger partial charge in [-0.1, -0.05) is 36.8 Å². The average molecular weight is 422 g/mol. The van der Waals surface area contributed by atoms with Gasteiger partial charge in [0.15, 0.2) is 0 Å². The summed E-state index contributed by atoms with van der Waals surface area (Å²) < 4.78 is 11.5. The van der Waals surface area contributed by atoms with Crippen molar-refractivity contribution in [3.63, 3.8) is 0 Å². The normalized spacial score (nSPS) is 19.6. The Kier molecular flexibility index (Phi) is 6.33. The standard InChI is InChI=1S/C26H31NO4/c1-4-30-26(29)24-23-20(15-16-27-17(2)9-8-10-18(27)3)21(28)13-14-22(23)31-25(24)19-11-6-5-7-12-19/h5-7,11-14,17-18,28H,4,8-10,15-16H2,1-3H3/t17-,18+. The molecule has 31 heavy (non-hydrogen) atoms. The second-order valence-electron chi connectivity index (χ2n) is 8.45. The van der Waals surface area contributed by atoms with Crippen LogP contribution in [0.5, 0.6) is 5.75 Å². The smallest absolute Gasteiger partial charge is 0.342 e. The van der Waals surface area contributed by atoms with Crippen molar-refractivity contribution in [2.75, 3.05) is 13.2 Å². The number of hydrogen-bond acceptors (Lipinski definition) is 5. The van der Waals surface area contributed by atoms with E-state index in [1.54, 1.807) is 19.1 Å². The fourth-order valence-corrected chi connectivity index (χ4v) is 4.85. The topological polar surface area (TPSA) is 62.9 Å². The van der Waals surface area contributed by atoms with Gasteiger partial charge < -0.3 is 14.3 Å². The lowest BCUT2D eigenvalue weighted by Crippen LogP contribution is -2.44. The quantitative estimate of drug-likeness (QED) is 0.511. The molecular formula is C26H31NO4. The summed E-state index contributed by atoms with van der Waals surface area (Å²) in [5.41, 5.74) is 2.55. The van der Waals surface area contributed by atoms with Gasteiger partial charge in [-0.3, -0.25) is 4.90 Å². The average Bonchev–Trinajstić information content (AvgIpc) is 3.15. The van der Waals surface area contributed by atoms with E-state index in [1.165, 1.54) is 19.3 Å². The number of aromatic hydroxyl groups is 1. The number of hydrogen-bond donors (Lipinski definition) is 1. The molecule has 4 rings (SSSR count). The Morgan fingerprint density at radius 2 is 1.84 bits per heavy atom. The molecule has 0 amide bonds. The first-order valence-electron chi connectivity index (χ1n) is 11.3. The van der Waals surface area contributed by atoms with E-state index in [9.17, 15) is 9.90 Å². The maximum Gasteiger partial charge on any atom is 0.342 e. The van der Waals surface area contributed by atoms with Crippen LogP contribution in [0.25, 0.3) is 22.3 Å². The monoisotopic (exact) mass is 421 g/mol. The molecule has 2 aromatic carbocycles. The molecule has 3 aromatic rings. The Labute approximate surface area is 183 Å². The summed E-state index contributed by atoms with van der Waals surface area (Å²) >= 11 is 0. The number of phenolic OH excluding ortho intramolecular Hbond substituents is 1. The van der Waals surface area contributed by atoms with Crippen molar-refractivity contribution in [3.8, 4) is 17.1 Å². The molecule has 5 nitrogen and oxygen atoms in total. The number of benzene rings is 2. The SMILES string of the molecule is CCOC(=O)c1c(-c2ccccc2)oc2ccc(O)c(CCN3[C@H](C)CCC[C@@H]3C)c12. The molecule has 0 saturated carbocycles. The summed E-state index contributed by atoms with van der Waals surface area (Å²) in [6.07, 6.45) is 4.28. The van der Waals surface area contributed by atoms with E-state index >= 15 is 0 Å². The van der Waals surface area contributed by atoms with Gasteiger partial charge in [0.25, 0.3) is 0 Å². The minimum Gasteiger partial charge on any atom is -0.508 e. The number of esters is 1. The number of ether oxygens (including phenoxy) is 1. The molecule has 5 heteroatoms. The molecule has 1 saturated heterocycles. The van der Waals surface area contributed by atoms with Gasteiger partial charge in [0.1, 0.15) is 22.7 Å². The van der Waals surface area contributed by atoms with Crippen LogP contribution in [0, 0.1) is 0 Å². The molecule has 1 aromatic heterocycles. The fraction of sp³-hybridized carbons (Fsp3) is 0.423. The molecule has 0 aliphatic carbocycles.